The molecule has 1 saturated heterocycles. The molecular formula is C15H22N4O2. The minimum atomic E-state index is -0.628. The monoisotopic (exact) mass is 290 g/mol. The molecule has 0 atom stereocenters. The molecule has 0 aromatic carbocycles. The van der Waals surface area contributed by atoms with Crippen LogP contribution in [0.2, 0.25) is 0 Å². The first-order chi connectivity index (χ1) is 10.1. The van der Waals surface area contributed by atoms with E-state index in [4.69, 9.17) is 10.2 Å². The first kappa shape index (κ1) is 14.1. The first-order valence-electron chi connectivity index (χ1n) is 7.58. The molecule has 6 nitrogen and oxygen atoms in total. The average Bonchev–Trinajstić information content (AvgIpc) is 2.99. The van der Waals surface area contributed by atoms with E-state index in [1.807, 2.05) is 6.07 Å². The molecule has 0 radical (unpaired) electrons. The van der Waals surface area contributed by atoms with E-state index in [1.165, 1.54) is 0 Å². The van der Waals surface area contributed by atoms with Gasteiger partial charge < -0.3 is 10.2 Å². The number of hydrogen-bond donors (Lipinski definition) is 2. The summed E-state index contributed by atoms with van der Waals surface area (Å²) in [5.41, 5.74) is 4.98. The summed E-state index contributed by atoms with van der Waals surface area (Å²) in [6.45, 7) is 4.59. The lowest BCUT2D eigenvalue weighted by Gasteiger charge is -2.34. The SMILES string of the molecule is CCCc1ccc(CN2CCC3(CC2)N=C(N)NC3=O)o1. The molecular weight excluding hydrogens is 268 g/mol. The molecule has 0 bridgehead atoms. The van der Waals surface area contributed by atoms with Gasteiger partial charge in [0.1, 0.15) is 17.1 Å². The second-order valence-electron chi connectivity index (χ2n) is 5.88. The largest absolute Gasteiger partial charge is 0.465 e. The van der Waals surface area contributed by atoms with Crippen LogP contribution in [-0.2, 0) is 17.8 Å². The summed E-state index contributed by atoms with van der Waals surface area (Å²) < 4.78 is 5.81. The predicted molar refractivity (Wildman–Crippen MR) is 79.7 cm³/mol. The van der Waals surface area contributed by atoms with E-state index < -0.39 is 5.54 Å². The maximum Gasteiger partial charge on any atom is 0.254 e. The topological polar surface area (TPSA) is 83.9 Å². The molecule has 3 N–H and O–H groups in total. The third-order valence-electron chi connectivity index (χ3n) is 4.28. The van der Waals surface area contributed by atoms with Crippen molar-refractivity contribution >= 4 is 11.9 Å². The smallest absolute Gasteiger partial charge is 0.254 e. The van der Waals surface area contributed by atoms with Gasteiger partial charge in [-0.15, -0.1) is 0 Å². The Bertz CT molecular complexity index is 556. The molecule has 1 fully saturated rings. The van der Waals surface area contributed by atoms with Crippen LogP contribution in [0.15, 0.2) is 21.5 Å². The van der Waals surface area contributed by atoms with Gasteiger partial charge in [-0.2, -0.15) is 0 Å². The fraction of sp³-hybridized carbons (Fsp3) is 0.600. The highest BCUT2D eigenvalue weighted by Crippen LogP contribution is 2.30. The van der Waals surface area contributed by atoms with E-state index >= 15 is 0 Å². The normalized spacial score (nSPS) is 21.6. The molecule has 114 valence electrons. The molecule has 2 aliphatic heterocycles. The van der Waals surface area contributed by atoms with Crippen molar-refractivity contribution in [3.05, 3.63) is 23.7 Å². The van der Waals surface area contributed by atoms with Crippen LogP contribution in [0.4, 0.5) is 0 Å². The Labute approximate surface area is 124 Å². The van der Waals surface area contributed by atoms with E-state index in [1.54, 1.807) is 0 Å². The fourth-order valence-corrected chi connectivity index (χ4v) is 3.07. The van der Waals surface area contributed by atoms with Crippen molar-refractivity contribution in [1.29, 1.82) is 0 Å². The summed E-state index contributed by atoms with van der Waals surface area (Å²) in [6.07, 6.45) is 3.50. The molecule has 0 aliphatic carbocycles. The molecule has 1 aromatic heterocycles. The highest BCUT2D eigenvalue weighted by molar-refractivity contribution is 6.06. The number of aliphatic imine (C=N–C) groups is 1. The zero-order chi connectivity index (χ0) is 14.9. The summed E-state index contributed by atoms with van der Waals surface area (Å²) in [7, 11) is 0. The van der Waals surface area contributed by atoms with Crippen molar-refractivity contribution in [2.75, 3.05) is 13.1 Å². The second-order valence-corrected chi connectivity index (χ2v) is 5.88. The Hall–Kier alpha value is -1.82. The minimum absolute atomic E-state index is 0.0529. The van der Waals surface area contributed by atoms with E-state index in [9.17, 15) is 4.79 Å². The third kappa shape index (κ3) is 2.81. The molecule has 6 heteroatoms. The number of amides is 1. The molecule has 1 aromatic rings. The van der Waals surface area contributed by atoms with Gasteiger partial charge in [-0.25, -0.2) is 4.99 Å². The number of furan rings is 1. The average molecular weight is 290 g/mol. The van der Waals surface area contributed by atoms with Crippen LogP contribution in [0.25, 0.3) is 0 Å². The zero-order valence-electron chi connectivity index (χ0n) is 12.4. The number of carbonyl (C=O) groups is 1. The van der Waals surface area contributed by atoms with Crippen molar-refractivity contribution in [2.45, 2.75) is 44.7 Å². The summed E-state index contributed by atoms with van der Waals surface area (Å²) in [4.78, 5) is 18.6. The van der Waals surface area contributed by atoms with Crippen LogP contribution in [0.1, 0.15) is 37.7 Å². The van der Waals surface area contributed by atoms with E-state index in [0.717, 1.165) is 44.0 Å². The Kier molecular flexibility index (Phi) is 3.71. The zero-order valence-corrected chi connectivity index (χ0v) is 12.4. The number of piperidine rings is 1. The Morgan fingerprint density at radius 3 is 2.71 bits per heavy atom. The molecule has 2 aliphatic rings. The van der Waals surface area contributed by atoms with Gasteiger partial charge in [0, 0.05) is 19.5 Å². The molecule has 1 spiro atoms. The molecule has 0 saturated carbocycles. The van der Waals surface area contributed by atoms with Crippen LogP contribution < -0.4 is 11.1 Å². The molecule has 0 unspecified atom stereocenters. The van der Waals surface area contributed by atoms with E-state index in [0.29, 0.717) is 12.8 Å². The number of rotatable bonds is 4. The van der Waals surface area contributed by atoms with Crippen LogP contribution in [0, 0.1) is 0 Å². The van der Waals surface area contributed by atoms with Gasteiger partial charge in [0.05, 0.1) is 6.54 Å². The number of aryl methyl sites for hydroxylation is 1. The number of nitrogens with one attached hydrogen (secondary N) is 1. The van der Waals surface area contributed by atoms with Crippen LogP contribution in [0.5, 0.6) is 0 Å². The summed E-state index contributed by atoms with van der Waals surface area (Å²) in [5, 5.41) is 2.61. The number of guanidine groups is 1. The van der Waals surface area contributed by atoms with Crippen LogP contribution >= 0.6 is 0 Å². The van der Waals surface area contributed by atoms with Crippen molar-refractivity contribution < 1.29 is 9.21 Å². The lowest BCUT2D eigenvalue weighted by Crippen LogP contribution is -2.48. The van der Waals surface area contributed by atoms with Gasteiger partial charge in [-0.3, -0.25) is 15.0 Å². The molecule has 3 rings (SSSR count). The fourth-order valence-electron chi connectivity index (χ4n) is 3.07. The lowest BCUT2D eigenvalue weighted by molar-refractivity contribution is -0.125. The second kappa shape index (κ2) is 5.52. The molecule has 21 heavy (non-hydrogen) atoms. The van der Waals surface area contributed by atoms with Crippen molar-refractivity contribution in [2.24, 2.45) is 10.7 Å². The van der Waals surface area contributed by atoms with Crippen molar-refractivity contribution in [1.82, 2.24) is 10.2 Å². The quantitative estimate of drug-likeness (QED) is 0.867. The number of hydrogen-bond acceptors (Lipinski definition) is 5. The number of nitrogens with two attached hydrogens (primary N) is 1. The molecule has 1 amide bonds. The number of nitrogens with zero attached hydrogens (tertiary/aromatic N) is 2. The van der Waals surface area contributed by atoms with Gasteiger partial charge in [-0.05, 0) is 31.4 Å². The number of likely N-dealkylation sites (tertiary alicyclic amines) is 1. The minimum Gasteiger partial charge on any atom is -0.465 e. The number of carbonyl (C=O) groups excluding carboxylic acids is 1. The van der Waals surface area contributed by atoms with Crippen LogP contribution in [0.3, 0.4) is 0 Å². The van der Waals surface area contributed by atoms with Gasteiger partial charge in [0.2, 0.25) is 0 Å². The standard InChI is InChI=1S/C15H22N4O2/c1-2-3-11-4-5-12(21-11)10-19-8-6-15(7-9-19)13(20)17-14(16)18-15/h4-5H,2-3,6-10H2,1H3,(H3,16,17,18,20). The maximum atomic E-state index is 12.0. The van der Waals surface area contributed by atoms with Gasteiger partial charge in [0.15, 0.2) is 5.96 Å². The van der Waals surface area contributed by atoms with Gasteiger partial charge in [-0.1, -0.05) is 6.92 Å². The third-order valence-corrected chi connectivity index (χ3v) is 4.28. The Morgan fingerprint density at radius 2 is 2.10 bits per heavy atom. The summed E-state index contributed by atoms with van der Waals surface area (Å²) in [5.74, 6) is 2.24. The van der Waals surface area contributed by atoms with E-state index in [2.05, 4.69) is 28.2 Å². The Morgan fingerprint density at radius 1 is 1.38 bits per heavy atom. The predicted octanol–water partition coefficient (Wildman–Crippen LogP) is 1.01. The lowest BCUT2D eigenvalue weighted by atomic mass is 9.88. The van der Waals surface area contributed by atoms with Crippen molar-refractivity contribution in [3.8, 4) is 0 Å². The highest BCUT2D eigenvalue weighted by Gasteiger charge is 2.45. The van der Waals surface area contributed by atoms with Gasteiger partial charge >= 0.3 is 0 Å². The van der Waals surface area contributed by atoms with Crippen LogP contribution in [-0.4, -0.2) is 35.4 Å². The van der Waals surface area contributed by atoms with E-state index in [-0.39, 0.29) is 11.9 Å². The maximum absolute atomic E-state index is 12.0. The van der Waals surface area contributed by atoms with Crippen molar-refractivity contribution in [3.63, 3.8) is 0 Å². The summed E-state index contributed by atoms with van der Waals surface area (Å²) >= 11 is 0. The molecule has 3 heterocycles. The summed E-state index contributed by atoms with van der Waals surface area (Å²) in [6, 6.07) is 4.10. The highest BCUT2D eigenvalue weighted by atomic mass is 16.3. The Balaban J connectivity index is 1.57. The first-order valence-corrected chi connectivity index (χ1v) is 7.58. The van der Waals surface area contributed by atoms with Gasteiger partial charge in [0.25, 0.3) is 5.91 Å².